The van der Waals surface area contributed by atoms with Gasteiger partial charge < -0.3 is 4.74 Å². The van der Waals surface area contributed by atoms with E-state index in [1.54, 1.807) is 12.1 Å². The lowest BCUT2D eigenvalue weighted by molar-refractivity contribution is 0.136. The molecule has 202 valence electrons. The van der Waals surface area contributed by atoms with Crippen molar-refractivity contribution >= 4 is 0 Å². The van der Waals surface area contributed by atoms with Crippen molar-refractivity contribution in [3.05, 3.63) is 34.6 Å². The van der Waals surface area contributed by atoms with Crippen LogP contribution in [0.15, 0.2) is 12.1 Å². The molecule has 1 saturated heterocycles. The largest absolute Gasteiger partial charge is 0.368 e. The molecule has 1 aliphatic heterocycles. The molecule has 3 saturated carbocycles. The third kappa shape index (κ3) is 6.33. The predicted octanol–water partition coefficient (Wildman–Crippen LogP) is 10.3. The lowest BCUT2D eigenvalue weighted by atomic mass is 9.68. The van der Waals surface area contributed by atoms with Crippen molar-refractivity contribution in [2.24, 2.45) is 29.6 Å². The van der Waals surface area contributed by atoms with Crippen molar-refractivity contribution in [3.63, 3.8) is 0 Å². The second kappa shape index (κ2) is 12.2. The Kier molecular flexibility index (Phi) is 9.02. The highest BCUT2D eigenvalue weighted by Gasteiger charge is 2.35. The van der Waals surface area contributed by atoms with E-state index < -0.39 is 12.2 Å². The number of epoxide rings is 1. The lowest BCUT2D eigenvalue weighted by Crippen LogP contribution is -2.26. The standard InChI is InChI=1S/C32H47F3O/c1-2-3-21-6-12-24(13-7-21)25-14-8-22(9-15-25)4-5-23-10-16-26(17-11-23)27-18-19-28(29-20-36-29)31(33)30(27)32(34)35/h18-19,21-26,29,32H,2-17,20H2,1H3. The van der Waals surface area contributed by atoms with Gasteiger partial charge in [0.15, 0.2) is 0 Å². The van der Waals surface area contributed by atoms with Gasteiger partial charge in [0.1, 0.15) is 11.9 Å². The molecule has 0 radical (unpaired) electrons. The number of hydrogen-bond acceptors (Lipinski definition) is 1. The maximum absolute atomic E-state index is 14.9. The van der Waals surface area contributed by atoms with E-state index in [1.807, 2.05) is 0 Å². The molecule has 1 nitrogen and oxygen atoms in total. The van der Waals surface area contributed by atoms with E-state index in [1.165, 1.54) is 77.0 Å². The van der Waals surface area contributed by atoms with Crippen molar-refractivity contribution in [1.82, 2.24) is 0 Å². The van der Waals surface area contributed by atoms with Crippen molar-refractivity contribution in [1.29, 1.82) is 0 Å². The quantitative estimate of drug-likeness (QED) is 0.305. The van der Waals surface area contributed by atoms with Crippen LogP contribution in [0.1, 0.15) is 145 Å². The van der Waals surface area contributed by atoms with Gasteiger partial charge in [-0.15, -0.1) is 0 Å². The van der Waals surface area contributed by atoms with Crippen LogP contribution in [0, 0.1) is 35.4 Å². The van der Waals surface area contributed by atoms with E-state index in [-0.39, 0.29) is 17.6 Å². The van der Waals surface area contributed by atoms with Crippen molar-refractivity contribution in [2.75, 3.05) is 6.61 Å². The zero-order valence-corrected chi connectivity index (χ0v) is 22.3. The van der Waals surface area contributed by atoms with E-state index in [2.05, 4.69) is 6.92 Å². The molecule has 1 unspecified atom stereocenters. The van der Waals surface area contributed by atoms with Crippen LogP contribution in [-0.2, 0) is 4.74 Å². The third-order valence-corrected chi connectivity index (χ3v) is 10.6. The Morgan fingerprint density at radius 1 is 0.722 bits per heavy atom. The van der Waals surface area contributed by atoms with Crippen LogP contribution >= 0.6 is 0 Å². The molecule has 0 aromatic heterocycles. The molecule has 0 bridgehead atoms. The average Bonchev–Trinajstić information content (AvgIpc) is 3.74. The first-order valence-corrected chi connectivity index (χ1v) is 15.2. The maximum Gasteiger partial charge on any atom is 0.266 e. The van der Waals surface area contributed by atoms with E-state index in [0.29, 0.717) is 23.7 Å². The summed E-state index contributed by atoms with van der Waals surface area (Å²) in [4.78, 5) is 0. The minimum Gasteiger partial charge on any atom is -0.368 e. The van der Waals surface area contributed by atoms with Gasteiger partial charge in [-0.3, -0.25) is 0 Å². The van der Waals surface area contributed by atoms with Gasteiger partial charge in [-0.25, -0.2) is 13.2 Å². The molecule has 4 heteroatoms. The van der Waals surface area contributed by atoms with Crippen LogP contribution in [0.3, 0.4) is 0 Å². The molecule has 3 aliphatic carbocycles. The average molecular weight is 505 g/mol. The molecule has 4 aliphatic rings. The van der Waals surface area contributed by atoms with Gasteiger partial charge in [0.2, 0.25) is 0 Å². The summed E-state index contributed by atoms with van der Waals surface area (Å²) in [7, 11) is 0. The lowest BCUT2D eigenvalue weighted by Gasteiger charge is -2.38. The van der Waals surface area contributed by atoms with Crippen LogP contribution in [0.4, 0.5) is 13.2 Å². The fourth-order valence-electron chi connectivity index (χ4n) is 8.22. The molecule has 0 spiro atoms. The van der Waals surface area contributed by atoms with Crippen LogP contribution in [0.5, 0.6) is 0 Å². The fraction of sp³-hybridized carbons (Fsp3) is 0.812. The Hall–Kier alpha value is -1.03. The molecule has 4 fully saturated rings. The summed E-state index contributed by atoms with van der Waals surface area (Å²) in [5, 5.41) is 0. The maximum atomic E-state index is 14.9. The van der Waals surface area contributed by atoms with Gasteiger partial charge in [0, 0.05) is 5.56 Å². The topological polar surface area (TPSA) is 12.5 Å². The molecule has 36 heavy (non-hydrogen) atoms. The van der Waals surface area contributed by atoms with Crippen molar-refractivity contribution in [2.45, 2.75) is 128 Å². The Labute approximate surface area is 217 Å². The van der Waals surface area contributed by atoms with E-state index in [4.69, 9.17) is 4.74 Å². The summed E-state index contributed by atoms with van der Waals surface area (Å²) >= 11 is 0. The Morgan fingerprint density at radius 2 is 1.19 bits per heavy atom. The van der Waals surface area contributed by atoms with Gasteiger partial charge in [-0.1, -0.05) is 70.4 Å². The van der Waals surface area contributed by atoms with Crippen LogP contribution in [0.2, 0.25) is 0 Å². The zero-order valence-electron chi connectivity index (χ0n) is 22.3. The van der Waals surface area contributed by atoms with E-state index >= 15 is 0 Å². The Balaban J connectivity index is 1.04. The number of hydrogen-bond donors (Lipinski definition) is 0. The molecule has 1 heterocycles. The summed E-state index contributed by atoms with van der Waals surface area (Å²) < 4.78 is 47.7. The molecule has 1 aromatic carbocycles. The summed E-state index contributed by atoms with van der Waals surface area (Å²) in [5.74, 6) is 3.95. The van der Waals surface area contributed by atoms with Gasteiger partial charge in [0.05, 0.1) is 12.2 Å². The predicted molar refractivity (Wildman–Crippen MR) is 140 cm³/mol. The van der Waals surface area contributed by atoms with Gasteiger partial charge in [-0.05, 0) is 92.4 Å². The molecular formula is C32H47F3O. The number of halogens is 3. The number of benzene rings is 1. The summed E-state index contributed by atoms with van der Waals surface area (Å²) in [6.45, 7) is 2.76. The Bertz CT molecular complexity index is 826. The first-order valence-electron chi connectivity index (χ1n) is 15.2. The first-order chi connectivity index (χ1) is 17.5. The van der Waals surface area contributed by atoms with Gasteiger partial charge >= 0.3 is 0 Å². The molecule has 1 atom stereocenters. The minimum atomic E-state index is -2.77. The highest BCUT2D eigenvalue weighted by molar-refractivity contribution is 5.39. The molecular weight excluding hydrogens is 457 g/mol. The van der Waals surface area contributed by atoms with Crippen molar-refractivity contribution in [3.8, 4) is 0 Å². The normalized spacial score (nSPS) is 35.2. The zero-order chi connectivity index (χ0) is 25.1. The molecule has 5 rings (SSSR count). The van der Waals surface area contributed by atoms with Crippen LogP contribution in [-0.4, -0.2) is 6.61 Å². The van der Waals surface area contributed by atoms with E-state index in [0.717, 1.165) is 49.4 Å². The molecule has 0 N–H and O–H groups in total. The highest BCUT2D eigenvalue weighted by atomic mass is 19.3. The summed E-state index contributed by atoms with van der Waals surface area (Å²) in [6, 6.07) is 3.45. The summed E-state index contributed by atoms with van der Waals surface area (Å²) in [5.41, 5.74) is 0.496. The number of alkyl halides is 2. The number of ether oxygens (including phenoxy) is 1. The van der Waals surface area contributed by atoms with Gasteiger partial charge in [-0.2, -0.15) is 0 Å². The second-order valence-corrected chi connectivity index (χ2v) is 12.7. The highest BCUT2D eigenvalue weighted by Crippen LogP contribution is 2.46. The minimum absolute atomic E-state index is 0.0665. The van der Waals surface area contributed by atoms with Crippen molar-refractivity contribution < 1.29 is 17.9 Å². The molecule has 0 amide bonds. The molecule has 1 aromatic rings. The fourth-order valence-corrected chi connectivity index (χ4v) is 8.22. The first kappa shape index (κ1) is 26.6. The third-order valence-electron chi connectivity index (χ3n) is 10.6. The smallest absolute Gasteiger partial charge is 0.266 e. The van der Waals surface area contributed by atoms with Gasteiger partial charge in [0.25, 0.3) is 6.43 Å². The van der Waals surface area contributed by atoms with Crippen LogP contribution < -0.4 is 0 Å². The summed E-state index contributed by atoms with van der Waals surface area (Å²) in [6.07, 6.45) is 18.0. The van der Waals surface area contributed by atoms with Crippen LogP contribution in [0.25, 0.3) is 0 Å². The monoisotopic (exact) mass is 504 g/mol. The van der Waals surface area contributed by atoms with E-state index in [9.17, 15) is 13.2 Å². The SMILES string of the molecule is CCCC1CCC(C2CCC(CCC3CCC(c4ccc(C5CO5)c(F)c4C(F)F)CC3)CC2)CC1. The second-order valence-electron chi connectivity index (χ2n) is 12.7. The number of rotatable bonds is 9. The Morgan fingerprint density at radius 3 is 1.67 bits per heavy atom.